The number of anilines is 1. The van der Waals surface area contributed by atoms with Crippen LogP contribution >= 0.6 is 0 Å². The van der Waals surface area contributed by atoms with E-state index < -0.39 is 0 Å². The van der Waals surface area contributed by atoms with Crippen molar-refractivity contribution in [2.75, 3.05) is 25.6 Å². The summed E-state index contributed by atoms with van der Waals surface area (Å²) in [7, 11) is 1.93. The number of benzene rings is 1. The molecule has 1 aliphatic rings. The highest BCUT2D eigenvalue weighted by Gasteiger charge is 2.07. The van der Waals surface area contributed by atoms with Gasteiger partial charge in [-0.25, -0.2) is 0 Å². The number of hydrogen-bond donors (Lipinski definition) is 2. The molecule has 2 rings (SSSR count). The molecule has 1 fully saturated rings. The summed E-state index contributed by atoms with van der Waals surface area (Å²) < 4.78 is 4.98. The summed E-state index contributed by atoms with van der Waals surface area (Å²) in [6.07, 6.45) is 1.55. The van der Waals surface area contributed by atoms with Gasteiger partial charge in [0.1, 0.15) is 6.79 Å². The van der Waals surface area contributed by atoms with Crippen LogP contribution < -0.4 is 5.32 Å². The first-order valence-corrected chi connectivity index (χ1v) is 6.01. The largest absolute Gasteiger partial charge is 0.393 e. The van der Waals surface area contributed by atoms with Crippen molar-refractivity contribution >= 4 is 12.5 Å². The summed E-state index contributed by atoms with van der Waals surface area (Å²) in [4.78, 5) is 8.00. The average Bonchev–Trinajstić information content (AvgIpc) is 2.42. The summed E-state index contributed by atoms with van der Waals surface area (Å²) in [6.45, 7) is 5.56. The van der Waals surface area contributed by atoms with E-state index in [1.54, 1.807) is 0 Å². The maximum Gasteiger partial charge on any atom is 0.106 e. The van der Waals surface area contributed by atoms with Gasteiger partial charge >= 0.3 is 0 Å². The Hall–Kier alpha value is -1.39. The summed E-state index contributed by atoms with van der Waals surface area (Å²) in [5, 5.41) is 11.9. The van der Waals surface area contributed by atoms with Gasteiger partial charge in [0.15, 0.2) is 0 Å². The molecule has 1 aromatic rings. The highest BCUT2D eigenvalue weighted by atomic mass is 16.5. The van der Waals surface area contributed by atoms with E-state index in [1.165, 1.54) is 11.3 Å². The monoisotopic (exact) mass is 253 g/mol. The molecule has 0 saturated carbocycles. The minimum absolute atomic E-state index is 0.0891. The quantitative estimate of drug-likeness (QED) is 0.804. The Morgan fingerprint density at radius 3 is 2.28 bits per heavy atom. The van der Waals surface area contributed by atoms with Gasteiger partial charge in [0.05, 0.1) is 6.10 Å². The highest BCUT2D eigenvalue weighted by molar-refractivity contribution is 5.44. The van der Waals surface area contributed by atoms with E-state index in [4.69, 9.17) is 14.6 Å². The van der Waals surface area contributed by atoms with Gasteiger partial charge in [0.25, 0.3) is 0 Å². The standard InChI is InChI=1S/C8H11N.C5H10O2.CH2O/c1-7-4-3-5-8(6-7)9-2;6-5-1-3-7-4-2-5;1-2/h3-6,9H,1-2H3;5-6H,1-4H2;1H2. The molecule has 0 spiro atoms. The van der Waals surface area contributed by atoms with Crippen molar-refractivity contribution in [2.24, 2.45) is 0 Å². The van der Waals surface area contributed by atoms with Crippen LogP contribution in [0.3, 0.4) is 0 Å². The van der Waals surface area contributed by atoms with Crippen molar-refractivity contribution in [1.82, 2.24) is 0 Å². The number of carbonyl (C=O) groups is 1. The zero-order chi connectivity index (χ0) is 13.8. The molecule has 1 heterocycles. The minimum Gasteiger partial charge on any atom is -0.393 e. The second-order valence-corrected chi connectivity index (χ2v) is 3.96. The number of carbonyl (C=O) groups excluding carboxylic acids is 1. The second-order valence-electron chi connectivity index (χ2n) is 3.96. The van der Waals surface area contributed by atoms with Crippen molar-refractivity contribution < 1.29 is 14.6 Å². The zero-order valence-electron chi connectivity index (χ0n) is 11.2. The Morgan fingerprint density at radius 2 is 1.94 bits per heavy atom. The van der Waals surface area contributed by atoms with E-state index >= 15 is 0 Å². The van der Waals surface area contributed by atoms with Crippen LogP contribution in [0, 0.1) is 6.92 Å². The number of hydrogen-bond acceptors (Lipinski definition) is 4. The summed E-state index contributed by atoms with van der Waals surface area (Å²) >= 11 is 0. The molecule has 0 radical (unpaired) electrons. The lowest BCUT2D eigenvalue weighted by molar-refractivity contribution is -0.0979. The Bertz CT molecular complexity index is 312. The smallest absolute Gasteiger partial charge is 0.106 e. The fraction of sp³-hybridized carbons (Fsp3) is 0.500. The lowest BCUT2D eigenvalue weighted by Gasteiger charge is -2.15. The topological polar surface area (TPSA) is 58.6 Å². The SMILES string of the molecule is C=O.CNc1cccc(C)c1.OC1CCOCC1. The van der Waals surface area contributed by atoms with Crippen molar-refractivity contribution in [3.05, 3.63) is 29.8 Å². The predicted octanol–water partition coefficient (Wildman–Crippen LogP) is 2.01. The van der Waals surface area contributed by atoms with E-state index in [1.807, 2.05) is 26.0 Å². The van der Waals surface area contributed by atoms with Crippen LogP contribution in [-0.4, -0.2) is 38.3 Å². The van der Waals surface area contributed by atoms with Crippen molar-refractivity contribution in [2.45, 2.75) is 25.9 Å². The lowest BCUT2D eigenvalue weighted by Crippen LogP contribution is -2.19. The van der Waals surface area contributed by atoms with Gasteiger partial charge in [-0.1, -0.05) is 12.1 Å². The lowest BCUT2D eigenvalue weighted by atomic mass is 10.2. The Labute approximate surface area is 109 Å². The number of aryl methyl sites for hydroxylation is 1. The number of aliphatic hydroxyl groups excluding tert-OH is 1. The van der Waals surface area contributed by atoms with Crippen LogP contribution in [0.1, 0.15) is 18.4 Å². The van der Waals surface area contributed by atoms with E-state index in [2.05, 4.69) is 24.4 Å². The zero-order valence-corrected chi connectivity index (χ0v) is 11.2. The molecule has 1 aliphatic heterocycles. The van der Waals surface area contributed by atoms with E-state index in [0.29, 0.717) is 0 Å². The van der Waals surface area contributed by atoms with E-state index in [-0.39, 0.29) is 6.10 Å². The molecule has 0 unspecified atom stereocenters. The predicted molar refractivity (Wildman–Crippen MR) is 73.9 cm³/mol. The van der Waals surface area contributed by atoms with Gasteiger partial charge in [-0.15, -0.1) is 0 Å². The summed E-state index contributed by atoms with van der Waals surface area (Å²) in [5.74, 6) is 0. The maximum absolute atomic E-state index is 8.83. The van der Waals surface area contributed by atoms with Crippen LogP contribution in [0.2, 0.25) is 0 Å². The Balaban J connectivity index is 0.000000289. The number of ether oxygens (including phenoxy) is 1. The molecule has 0 amide bonds. The molecular weight excluding hydrogens is 230 g/mol. The van der Waals surface area contributed by atoms with Gasteiger partial charge in [-0.05, 0) is 37.5 Å². The number of rotatable bonds is 1. The molecule has 0 atom stereocenters. The van der Waals surface area contributed by atoms with E-state index in [0.717, 1.165) is 26.1 Å². The molecule has 0 aliphatic carbocycles. The third-order valence-electron chi connectivity index (χ3n) is 2.50. The molecule has 1 aromatic carbocycles. The molecule has 0 aromatic heterocycles. The van der Waals surface area contributed by atoms with E-state index in [9.17, 15) is 0 Å². The summed E-state index contributed by atoms with van der Waals surface area (Å²) in [6, 6.07) is 8.29. The highest BCUT2D eigenvalue weighted by Crippen LogP contribution is 2.07. The molecule has 0 bridgehead atoms. The van der Waals surface area contributed by atoms with Crippen LogP contribution in [0.5, 0.6) is 0 Å². The van der Waals surface area contributed by atoms with Gasteiger partial charge in [-0.3, -0.25) is 0 Å². The van der Waals surface area contributed by atoms with Crippen LogP contribution in [0.4, 0.5) is 5.69 Å². The van der Waals surface area contributed by atoms with Gasteiger partial charge in [0.2, 0.25) is 0 Å². The third kappa shape index (κ3) is 7.81. The molecule has 4 nitrogen and oxygen atoms in total. The fourth-order valence-electron chi connectivity index (χ4n) is 1.49. The first kappa shape index (κ1) is 16.6. The van der Waals surface area contributed by atoms with Crippen molar-refractivity contribution in [3.8, 4) is 0 Å². The van der Waals surface area contributed by atoms with Gasteiger partial charge < -0.3 is 20.0 Å². The third-order valence-corrected chi connectivity index (χ3v) is 2.50. The molecule has 4 heteroatoms. The fourth-order valence-corrected chi connectivity index (χ4v) is 1.49. The normalized spacial score (nSPS) is 14.6. The van der Waals surface area contributed by atoms with Crippen molar-refractivity contribution in [1.29, 1.82) is 0 Å². The first-order chi connectivity index (χ1) is 8.72. The van der Waals surface area contributed by atoms with Gasteiger partial charge in [0, 0.05) is 25.9 Å². The van der Waals surface area contributed by atoms with Gasteiger partial charge in [-0.2, -0.15) is 0 Å². The van der Waals surface area contributed by atoms with Crippen molar-refractivity contribution in [3.63, 3.8) is 0 Å². The number of aliphatic hydroxyl groups is 1. The Morgan fingerprint density at radius 1 is 1.33 bits per heavy atom. The maximum atomic E-state index is 8.83. The molecule has 102 valence electrons. The minimum atomic E-state index is -0.0891. The summed E-state index contributed by atoms with van der Waals surface area (Å²) in [5.41, 5.74) is 2.47. The van der Waals surface area contributed by atoms with Crippen LogP contribution in [0.15, 0.2) is 24.3 Å². The second kappa shape index (κ2) is 10.7. The number of nitrogens with one attached hydrogen (secondary N) is 1. The average molecular weight is 253 g/mol. The molecule has 18 heavy (non-hydrogen) atoms. The van der Waals surface area contributed by atoms with Crippen LogP contribution in [0.25, 0.3) is 0 Å². The Kier molecular flexibility index (Phi) is 9.91. The first-order valence-electron chi connectivity index (χ1n) is 6.01. The molecule has 2 N–H and O–H groups in total. The molecular formula is C14H23NO3. The molecule has 1 saturated heterocycles. The van der Waals surface area contributed by atoms with Crippen LogP contribution in [-0.2, 0) is 9.53 Å².